The summed E-state index contributed by atoms with van der Waals surface area (Å²) in [4.78, 5) is 27.8. The van der Waals surface area contributed by atoms with Gasteiger partial charge in [0.1, 0.15) is 17.9 Å². The van der Waals surface area contributed by atoms with Gasteiger partial charge in [0, 0.05) is 6.20 Å². The van der Waals surface area contributed by atoms with Gasteiger partial charge in [-0.25, -0.2) is 19.3 Å². The number of fused-ring (bicyclic) bond motifs is 1. The molecule has 1 N–H and O–H groups in total. The third-order valence-corrected chi connectivity index (χ3v) is 5.05. The molecule has 0 bridgehead atoms. The average molecular weight is 373 g/mol. The molecule has 1 saturated heterocycles. The molecule has 0 spiro atoms. The Bertz CT molecular complexity index is 909. The number of imidazole rings is 1. The highest BCUT2D eigenvalue weighted by molar-refractivity contribution is 7.14. The first-order valence-corrected chi connectivity index (χ1v) is 9.25. The van der Waals surface area contributed by atoms with Crippen LogP contribution in [0.25, 0.3) is 4.96 Å². The molecule has 10 heteroatoms. The number of hydrogen-bond donors (Lipinski definition) is 1. The molecule has 136 valence electrons. The van der Waals surface area contributed by atoms with Crippen molar-refractivity contribution in [3.05, 3.63) is 29.7 Å². The van der Waals surface area contributed by atoms with Crippen molar-refractivity contribution in [2.45, 2.75) is 32.9 Å². The molecule has 3 aromatic rings. The number of cyclic esters (lactones) is 1. The smallest absolute Gasteiger partial charge is 0.415 e. The molecule has 0 aromatic carbocycles. The van der Waals surface area contributed by atoms with Gasteiger partial charge in [-0.15, -0.1) is 0 Å². The van der Waals surface area contributed by atoms with Gasteiger partial charge < -0.3 is 10.1 Å². The Labute approximate surface area is 154 Å². The number of anilines is 2. The Hall–Kier alpha value is -2.75. The standard InChI is InChI=1S/C16H19N7O2S/c1-9(2)12-7-25-16(24)23(12)13-4-5-17-14(21-13)19-10(3)11-6-22-15(20-11)26-8-18-22/h4-6,8-10,12H,7H2,1-3H3,(H,17,19,21)/t10?,12-/m1/s1. The normalized spacial score (nSPS) is 18.5. The van der Waals surface area contributed by atoms with Gasteiger partial charge in [0.05, 0.1) is 24.0 Å². The van der Waals surface area contributed by atoms with E-state index in [0.29, 0.717) is 18.4 Å². The van der Waals surface area contributed by atoms with Gasteiger partial charge in [0.2, 0.25) is 10.9 Å². The molecule has 3 aromatic heterocycles. The summed E-state index contributed by atoms with van der Waals surface area (Å²) < 4.78 is 6.94. The van der Waals surface area contributed by atoms with Gasteiger partial charge in [0.15, 0.2) is 0 Å². The Morgan fingerprint density at radius 2 is 2.19 bits per heavy atom. The lowest BCUT2D eigenvalue weighted by atomic mass is 10.0. The molecule has 1 fully saturated rings. The van der Waals surface area contributed by atoms with Crippen LogP contribution >= 0.6 is 11.3 Å². The molecule has 1 aliphatic rings. The highest BCUT2D eigenvalue weighted by atomic mass is 32.1. The molecule has 26 heavy (non-hydrogen) atoms. The minimum atomic E-state index is -0.373. The van der Waals surface area contributed by atoms with E-state index >= 15 is 0 Å². The SMILES string of the molecule is CC(Nc1nccc(N2C(=O)OC[C@@H]2C(C)C)n1)c1cn2ncsc2n1. The monoisotopic (exact) mass is 373 g/mol. The predicted molar refractivity (Wildman–Crippen MR) is 97.4 cm³/mol. The van der Waals surface area contributed by atoms with E-state index in [1.807, 2.05) is 13.1 Å². The minimum Gasteiger partial charge on any atom is -0.447 e. The third kappa shape index (κ3) is 2.96. The van der Waals surface area contributed by atoms with Crippen LogP contribution in [0, 0.1) is 5.92 Å². The fourth-order valence-electron chi connectivity index (χ4n) is 2.87. The van der Waals surface area contributed by atoms with Crippen molar-refractivity contribution in [1.82, 2.24) is 24.6 Å². The number of carbonyl (C=O) groups excluding carboxylic acids is 1. The van der Waals surface area contributed by atoms with Crippen LogP contribution in [0.15, 0.2) is 24.0 Å². The van der Waals surface area contributed by atoms with Crippen LogP contribution in [0.4, 0.5) is 16.6 Å². The van der Waals surface area contributed by atoms with Gasteiger partial charge in [-0.2, -0.15) is 10.1 Å². The van der Waals surface area contributed by atoms with E-state index in [1.54, 1.807) is 27.2 Å². The first-order valence-electron chi connectivity index (χ1n) is 8.37. The second-order valence-electron chi connectivity index (χ2n) is 6.49. The van der Waals surface area contributed by atoms with Crippen LogP contribution in [-0.2, 0) is 4.74 Å². The van der Waals surface area contributed by atoms with Crippen LogP contribution < -0.4 is 10.2 Å². The maximum absolute atomic E-state index is 12.1. The third-order valence-electron chi connectivity index (χ3n) is 4.36. The Morgan fingerprint density at radius 1 is 1.35 bits per heavy atom. The average Bonchev–Trinajstić information content (AvgIpc) is 3.28. The van der Waals surface area contributed by atoms with Crippen molar-refractivity contribution < 1.29 is 9.53 Å². The Kier molecular flexibility index (Phi) is 4.19. The molecule has 0 radical (unpaired) electrons. The quantitative estimate of drug-likeness (QED) is 0.734. The molecule has 4 heterocycles. The minimum absolute atomic E-state index is 0.0336. The molecular weight excluding hydrogens is 354 g/mol. The number of hydrogen-bond acceptors (Lipinski definition) is 8. The van der Waals surface area contributed by atoms with Gasteiger partial charge >= 0.3 is 6.09 Å². The van der Waals surface area contributed by atoms with Crippen LogP contribution in [0.1, 0.15) is 32.5 Å². The molecular formula is C16H19N7O2S. The predicted octanol–water partition coefficient (Wildman–Crippen LogP) is 2.74. The number of nitrogens with zero attached hydrogens (tertiary/aromatic N) is 6. The fraction of sp³-hybridized carbons (Fsp3) is 0.438. The summed E-state index contributed by atoms with van der Waals surface area (Å²) in [5.41, 5.74) is 2.59. The van der Waals surface area contributed by atoms with Gasteiger partial charge in [-0.1, -0.05) is 25.2 Å². The van der Waals surface area contributed by atoms with Crippen molar-refractivity contribution in [2.24, 2.45) is 5.92 Å². The first kappa shape index (κ1) is 16.7. The van der Waals surface area contributed by atoms with Crippen LogP contribution in [0.2, 0.25) is 0 Å². The lowest BCUT2D eigenvalue weighted by Crippen LogP contribution is -2.37. The summed E-state index contributed by atoms with van der Waals surface area (Å²) in [5.74, 6) is 1.22. The number of aromatic nitrogens is 5. The van der Waals surface area contributed by atoms with Crippen LogP contribution in [-0.4, -0.2) is 43.3 Å². The number of ether oxygens (including phenoxy) is 1. The van der Waals surface area contributed by atoms with Crippen molar-refractivity contribution in [3.63, 3.8) is 0 Å². The van der Waals surface area contributed by atoms with Gasteiger partial charge in [0.25, 0.3) is 0 Å². The van der Waals surface area contributed by atoms with E-state index in [4.69, 9.17) is 4.74 Å². The summed E-state index contributed by atoms with van der Waals surface area (Å²) in [7, 11) is 0. The van der Waals surface area contributed by atoms with Crippen molar-refractivity contribution >= 4 is 34.2 Å². The van der Waals surface area contributed by atoms with Crippen molar-refractivity contribution in [1.29, 1.82) is 0 Å². The van der Waals surface area contributed by atoms with E-state index in [2.05, 4.69) is 39.2 Å². The number of carbonyl (C=O) groups is 1. The van der Waals surface area contributed by atoms with Gasteiger partial charge in [-0.05, 0) is 18.9 Å². The van der Waals surface area contributed by atoms with E-state index in [9.17, 15) is 4.79 Å². The zero-order chi connectivity index (χ0) is 18.3. The lowest BCUT2D eigenvalue weighted by molar-refractivity contribution is 0.177. The molecule has 1 amide bonds. The zero-order valence-electron chi connectivity index (χ0n) is 14.7. The fourth-order valence-corrected chi connectivity index (χ4v) is 3.48. The van der Waals surface area contributed by atoms with Crippen molar-refractivity contribution in [2.75, 3.05) is 16.8 Å². The summed E-state index contributed by atoms with van der Waals surface area (Å²) in [6, 6.07) is 1.58. The number of amides is 1. The van der Waals surface area contributed by atoms with Crippen LogP contribution in [0.3, 0.4) is 0 Å². The second kappa shape index (κ2) is 6.52. The van der Waals surface area contributed by atoms with E-state index < -0.39 is 0 Å². The molecule has 1 aliphatic heterocycles. The van der Waals surface area contributed by atoms with Crippen molar-refractivity contribution in [3.8, 4) is 0 Å². The summed E-state index contributed by atoms with van der Waals surface area (Å²) in [5, 5.41) is 7.42. The van der Waals surface area contributed by atoms with Crippen LogP contribution in [0.5, 0.6) is 0 Å². The molecule has 2 atom stereocenters. The number of rotatable bonds is 5. The molecule has 0 saturated carbocycles. The van der Waals surface area contributed by atoms with Gasteiger partial charge in [-0.3, -0.25) is 4.90 Å². The summed E-state index contributed by atoms with van der Waals surface area (Å²) in [6.45, 7) is 6.46. The molecule has 1 unspecified atom stereocenters. The maximum Gasteiger partial charge on any atom is 0.415 e. The molecule has 4 rings (SSSR count). The van der Waals surface area contributed by atoms with E-state index in [1.165, 1.54) is 11.3 Å². The second-order valence-corrected chi connectivity index (χ2v) is 7.31. The largest absolute Gasteiger partial charge is 0.447 e. The summed E-state index contributed by atoms with van der Waals surface area (Å²) in [6.07, 6.45) is 3.13. The topological polar surface area (TPSA) is 97.5 Å². The molecule has 0 aliphatic carbocycles. The number of nitrogens with one attached hydrogen (secondary N) is 1. The lowest BCUT2D eigenvalue weighted by Gasteiger charge is -2.23. The van der Waals surface area contributed by atoms with E-state index in [0.717, 1.165) is 10.7 Å². The zero-order valence-corrected chi connectivity index (χ0v) is 15.5. The first-order chi connectivity index (χ1) is 12.5. The molecule has 9 nitrogen and oxygen atoms in total. The Morgan fingerprint density at radius 3 is 2.96 bits per heavy atom. The maximum atomic E-state index is 12.1. The Balaban J connectivity index is 1.55. The summed E-state index contributed by atoms with van der Waals surface area (Å²) >= 11 is 1.48. The highest BCUT2D eigenvalue weighted by Gasteiger charge is 2.37. The highest BCUT2D eigenvalue weighted by Crippen LogP contribution is 2.26. The van der Waals surface area contributed by atoms with E-state index in [-0.39, 0.29) is 24.1 Å².